The van der Waals surface area contributed by atoms with Crippen molar-refractivity contribution in [3.63, 3.8) is 0 Å². The molecule has 0 saturated heterocycles. The summed E-state index contributed by atoms with van der Waals surface area (Å²) in [6, 6.07) is 6.91. The fourth-order valence-corrected chi connectivity index (χ4v) is 4.74. The van der Waals surface area contributed by atoms with Crippen LogP contribution in [0.1, 0.15) is 16.9 Å². The second kappa shape index (κ2) is 6.25. The van der Waals surface area contributed by atoms with Gasteiger partial charge in [-0.05, 0) is 49.4 Å². The number of halogens is 4. The Morgan fingerprint density at radius 3 is 2.52 bits per heavy atom. The summed E-state index contributed by atoms with van der Waals surface area (Å²) in [5.74, 6) is 0.747. The van der Waals surface area contributed by atoms with Crippen LogP contribution in [0, 0.1) is 0 Å². The molecule has 0 aliphatic carbocycles. The van der Waals surface area contributed by atoms with Gasteiger partial charge in [-0.25, -0.2) is 8.42 Å². The maximum absolute atomic E-state index is 13.1. The van der Waals surface area contributed by atoms with Crippen molar-refractivity contribution in [3.8, 4) is 0 Å². The lowest BCUT2D eigenvalue weighted by atomic mass is 10.1. The highest BCUT2D eigenvalue weighted by molar-refractivity contribution is 7.91. The minimum atomic E-state index is -4.75. The van der Waals surface area contributed by atoms with Gasteiger partial charge in [0, 0.05) is 10.9 Å². The van der Waals surface area contributed by atoms with E-state index in [1.165, 1.54) is 18.2 Å². The summed E-state index contributed by atoms with van der Waals surface area (Å²) < 4.78 is 70.8. The number of furan rings is 1. The third-order valence-corrected chi connectivity index (χ3v) is 6.63. The van der Waals surface area contributed by atoms with Crippen molar-refractivity contribution in [2.24, 2.45) is 0 Å². The zero-order valence-electron chi connectivity index (χ0n) is 13.7. The first-order valence-electron chi connectivity index (χ1n) is 8.05. The molecule has 0 bridgehead atoms. The molecule has 0 spiro atoms. The summed E-state index contributed by atoms with van der Waals surface area (Å²) >= 11 is 5.59. The summed E-state index contributed by atoms with van der Waals surface area (Å²) in [7, 11) is -4.15. The summed E-state index contributed by atoms with van der Waals surface area (Å²) in [6.45, 7) is 1.29. The van der Waals surface area contributed by atoms with Crippen LogP contribution in [-0.4, -0.2) is 15.0 Å². The summed E-state index contributed by atoms with van der Waals surface area (Å²) in [5.41, 5.74) is 0.292. The SMILES string of the molecule is O=S(=O)(c1ccc(Cl)c(C(F)(F)F)c1)c1ccc2oc3c(c2c1)CCNC3. The molecule has 0 atom stereocenters. The number of benzene rings is 2. The zero-order valence-corrected chi connectivity index (χ0v) is 15.3. The van der Waals surface area contributed by atoms with Gasteiger partial charge in [0.15, 0.2) is 0 Å². The van der Waals surface area contributed by atoms with Gasteiger partial charge >= 0.3 is 6.18 Å². The fraction of sp³-hybridized carbons (Fsp3) is 0.222. The van der Waals surface area contributed by atoms with Gasteiger partial charge < -0.3 is 9.73 Å². The number of nitrogens with one attached hydrogen (secondary N) is 1. The summed E-state index contributed by atoms with van der Waals surface area (Å²) in [6.07, 6.45) is -4.06. The van der Waals surface area contributed by atoms with E-state index in [0.717, 1.165) is 30.0 Å². The molecule has 9 heteroatoms. The van der Waals surface area contributed by atoms with Crippen molar-refractivity contribution in [2.45, 2.75) is 28.9 Å². The maximum Gasteiger partial charge on any atom is 0.417 e. The van der Waals surface area contributed by atoms with Gasteiger partial charge in [0.1, 0.15) is 11.3 Å². The van der Waals surface area contributed by atoms with Crippen molar-refractivity contribution in [3.05, 3.63) is 58.3 Å². The molecule has 0 fully saturated rings. The molecule has 1 N–H and O–H groups in total. The molecule has 4 rings (SSSR count). The average Bonchev–Trinajstić information content (AvgIpc) is 2.98. The Hall–Kier alpha value is -2.03. The lowest BCUT2D eigenvalue weighted by molar-refractivity contribution is -0.137. The molecule has 27 heavy (non-hydrogen) atoms. The molecule has 4 nitrogen and oxygen atoms in total. The van der Waals surface area contributed by atoms with E-state index in [0.29, 0.717) is 30.0 Å². The van der Waals surface area contributed by atoms with E-state index in [9.17, 15) is 21.6 Å². The van der Waals surface area contributed by atoms with Crippen LogP contribution in [0.2, 0.25) is 5.02 Å². The Bertz CT molecular complexity index is 1150. The van der Waals surface area contributed by atoms with E-state index < -0.39 is 31.5 Å². The number of hydrogen-bond acceptors (Lipinski definition) is 4. The topological polar surface area (TPSA) is 59.3 Å². The molecule has 2 aromatic carbocycles. The minimum absolute atomic E-state index is 0.0902. The lowest BCUT2D eigenvalue weighted by Gasteiger charge is -2.12. The van der Waals surface area contributed by atoms with Crippen LogP contribution in [-0.2, 0) is 29.0 Å². The molecule has 1 aliphatic rings. The highest BCUT2D eigenvalue weighted by Crippen LogP contribution is 2.37. The molecule has 0 radical (unpaired) electrons. The first-order chi connectivity index (χ1) is 12.7. The van der Waals surface area contributed by atoms with Crippen molar-refractivity contribution in [2.75, 3.05) is 6.54 Å². The molecule has 0 unspecified atom stereocenters. The number of sulfone groups is 1. The Labute approximate surface area is 157 Å². The second-order valence-corrected chi connectivity index (χ2v) is 8.59. The smallest absolute Gasteiger partial charge is 0.417 e. The van der Waals surface area contributed by atoms with E-state index in [2.05, 4.69) is 5.32 Å². The number of rotatable bonds is 2. The predicted molar refractivity (Wildman–Crippen MR) is 93.5 cm³/mol. The zero-order chi connectivity index (χ0) is 19.4. The van der Waals surface area contributed by atoms with E-state index in [1.807, 2.05) is 0 Å². The summed E-state index contributed by atoms with van der Waals surface area (Å²) in [4.78, 5) is -0.551. The van der Waals surface area contributed by atoms with E-state index in [4.69, 9.17) is 16.0 Å². The number of alkyl halides is 3. The van der Waals surface area contributed by atoms with Crippen LogP contribution in [0.4, 0.5) is 13.2 Å². The third kappa shape index (κ3) is 3.11. The normalized spacial score (nSPS) is 15.1. The molecule has 3 aromatic rings. The predicted octanol–water partition coefficient (Wildman–Crippen LogP) is 4.58. The standard InChI is InChI=1S/C18H13ClF3NO3S/c19-15-3-1-11(8-14(15)18(20,21)22)27(24,25)10-2-4-16-13(7-10)12-5-6-23-9-17(12)26-16/h1-4,7-8,23H,5-6,9H2. The Morgan fingerprint density at radius 2 is 1.78 bits per heavy atom. The Morgan fingerprint density at radius 1 is 1.07 bits per heavy atom. The Kier molecular flexibility index (Phi) is 4.25. The number of hydrogen-bond donors (Lipinski definition) is 1. The first-order valence-corrected chi connectivity index (χ1v) is 9.91. The van der Waals surface area contributed by atoms with Crippen LogP contribution in [0.25, 0.3) is 11.0 Å². The van der Waals surface area contributed by atoms with Gasteiger partial charge in [-0.1, -0.05) is 11.6 Å². The van der Waals surface area contributed by atoms with Crippen molar-refractivity contribution >= 4 is 32.4 Å². The Balaban J connectivity index is 1.85. The van der Waals surface area contributed by atoms with Gasteiger partial charge in [0.05, 0.1) is 26.9 Å². The minimum Gasteiger partial charge on any atom is -0.459 e. The van der Waals surface area contributed by atoms with Crippen LogP contribution < -0.4 is 5.32 Å². The second-order valence-electron chi connectivity index (χ2n) is 6.23. The summed E-state index contributed by atoms with van der Waals surface area (Å²) in [5, 5.41) is 3.28. The van der Waals surface area contributed by atoms with Crippen LogP contribution in [0.5, 0.6) is 0 Å². The van der Waals surface area contributed by atoms with Crippen LogP contribution in [0.3, 0.4) is 0 Å². The molecule has 142 valence electrons. The molecule has 0 saturated carbocycles. The molecular formula is C18H13ClF3NO3S. The van der Waals surface area contributed by atoms with Crippen molar-refractivity contribution < 1.29 is 26.0 Å². The van der Waals surface area contributed by atoms with Gasteiger partial charge in [-0.3, -0.25) is 0 Å². The van der Waals surface area contributed by atoms with E-state index in [-0.39, 0.29) is 4.90 Å². The molecule has 1 aliphatic heterocycles. The molecule has 2 heterocycles. The third-order valence-electron chi connectivity index (χ3n) is 4.55. The van der Waals surface area contributed by atoms with Crippen molar-refractivity contribution in [1.29, 1.82) is 0 Å². The monoisotopic (exact) mass is 415 g/mol. The molecule has 0 amide bonds. The van der Waals surface area contributed by atoms with Crippen LogP contribution in [0.15, 0.2) is 50.6 Å². The molecule has 1 aromatic heterocycles. The van der Waals surface area contributed by atoms with Gasteiger partial charge in [0.2, 0.25) is 9.84 Å². The highest BCUT2D eigenvalue weighted by Gasteiger charge is 2.35. The van der Waals surface area contributed by atoms with Crippen LogP contribution >= 0.6 is 11.6 Å². The van der Waals surface area contributed by atoms with E-state index >= 15 is 0 Å². The fourth-order valence-electron chi connectivity index (χ4n) is 3.20. The van der Waals surface area contributed by atoms with Gasteiger partial charge in [-0.15, -0.1) is 0 Å². The highest BCUT2D eigenvalue weighted by atomic mass is 35.5. The lowest BCUT2D eigenvalue weighted by Crippen LogP contribution is -2.22. The van der Waals surface area contributed by atoms with E-state index in [1.54, 1.807) is 0 Å². The van der Waals surface area contributed by atoms with Gasteiger partial charge in [0.25, 0.3) is 0 Å². The van der Waals surface area contributed by atoms with Gasteiger partial charge in [-0.2, -0.15) is 13.2 Å². The quantitative estimate of drug-likeness (QED) is 0.665. The average molecular weight is 416 g/mol. The number of fused-ring (bicyclic) bond motifs is 3. The van der Waals surface area contributed by atoms with Crippen molar-refractivity contribution in [1.82, 2.24) is 5.32 Å². The first kappa shape index (κ1) is 18.3. The molecular weight excluding hydrogens is 403 g/mol. The maximum atomic E-state index is 13.1. The largest absolute Gasteiger partial charge is 0.459 e.